The van der Waals surface area contributed by atoms with E-state index in [0.717, 1.165) is 34.1 Å². The molecule has 1 aromatic rings. The zero-order valence-corrected chi connectivity index (χ0v) is 21.1. The number of aliphatic carboxylic acids is 2. The minimum atomic E-state index is -1.35. The van der Waals surface area contributed by atoms with Gasteiger partial charge in [-0.2, -0.15) is 0 Å². The third-order valence-corrected chi connectivity index (χ3v) is 7.53. The fraction of sp³-hybridized carbons (Fsp3) is 0.250. The van der Waals surface area contributed by atoms with Crippen LogP contribution in [0.1, 0.15) is 5.69 Å². The molecule has 14 nitrogen and oxygen atoms in total. The average molecular weight is 594 g/mol. The molecule has 2 aliphatic rings. The number of carboxylic acids is 2. The van der Waals surface area contributed by atoms with Crippen LogP contribution < -0.4 is 11.1 Å². The molecule has 1 fully saturated rings. The summed E-state index contributed by atoms with van der Waals surface area (Å²) >= 11 is 3.17. The number of nitrogens with two attached hydrogens (primary N) is 1. The van der Waals surface area contributed by atoms with Crippen molar-refractivity contribution in [1.29, 1.82) is 0 Å². The second kappa shape index (κ2) is 14.4. The molecule has 0 aromatic carbocycles. The molecule has 2 aliphatic heterocycles. The molecular weight excluding hydrogens is 573 g/mol. The van der Waals surface area contributed by atoms with E-state index < -0.39 is 53.5 Å². The van der Waals surface area contributed by atoms with Gasteiger partial charge in [0, 0.05) is 22.1 Å². The summed E-state index contributed by atoms with van der Waals surface area (Å²) in [6, 6.07) is -1.09. The third-order valence-electron chi connectivity index (χ3n) is 4.50. The van der Waals surface area contributed by atoms with Gasteiger partial charge in [0.1, 0.15) is 29.4 Å². The standard InChI is InChI=1S/C20H19N5O9S3.Na.H/c1-2-4-33-12(28)3-5-35-10-8-36-18-14(17(30)25(18)15(10)19(31)32)23-16(29)13(24-34-6-11(26)27)9-7-37-20(21)22-9;;/h2-3,5,7,14,18H,1,4,6,8H2,(H2,21,22)(H,23,29)(H,26,27)(H,31,32);;/b5-3-,24-13-;;/t14-,18-;;/m1../s1. The van der Waals surface area contributed by atoms with Gasteiger partial charge >= 0.3 is 47.5 Å². The van der Waals surface area contributed by atoms with E-state index in [1.165, 1.54) is 28.6 Å². The number of thiazole rings is 1. The van der Waals surface area contributed by atoms with Crippen LogP contribution in [-0.4, -0.2) is 115 Å². The van der Waals surface area contributed by atoms with Gasteiger partial charge in [-0.25, -0.2) is 19.4 Å². The first-order valence-electron chi connectivity index (χ1n) is 10.1. The van der Waals surface area contributed by atoms with Gasteiger partial charge in [-0.05, 0) is 5.41 Å². The summed E-state index contributed by atoms with van der Waals surface area (Å²) in [6.07, 6.45) is 2.52. The van der Waals surface area contributed by atoms with E-state index in [4.69, 9.17) is 15.6 Å². The van der Waals surface area contributed by atoms with E-state index in [1.54, 1.807) is 0 Å². The summed E-state index contributed by atoms with van der Waals surface area (Å²) in [5.41, 5.74) is 4.94. The number of aromatic nitrogens is 1. The molecule has 0 unspecified atom stereocenters. The summed E-state index contributed by atoms with van der Waals surface area (Å²) in [5, 5.41) is 26.6. The third kappa shape index (κ3) is 7.61. The number of amides is 2. The predicted molar refractivity (Wildman–Crippen MR) is 141 cm³/mol. The van der Waals surface area contributed by atoms with Crippen LogP contribution in [-0.2, 0) is 33.5 Å². The van der Waals surface area contributed by atoms with Crippen LogP contribution >= 0.6 is 34.9 Å². The first-order chi connectivity index (χ1) is 17.6. The summed E-state index contributed by atoms with van der Waals surface area (Å²) in [5.74, 6) is -4.70. The zero-order chi connectivity index (χ0) is 27.1. The van der Waals surface area contributed by atoms with Crippen LogP contribution in [0.5, 0.6) is 0 Å². The van der Waals surface area contributed by atoms with Gasteiger partial charge < -0.3 is 30.8 Å². The van der Waals surface area contributed by atoms with Gasteiger partial charge in [-0.3, -0.25) is 14.5 Å². The number of rotatable bonds is 12. The maximum absolute atomic E-state index is 12.9. The van der Waals surface area contributed by atoms with Crippen molar-refractivity contribution in [2.24, 2.45) is 5.16 Å². The van der Waals surface area contributed by atoms with Gasteiger partial charge in [0.05, 0.1) is 0 Å². The van der Waals surface area contributed by atoms with Crippen molar-refractivity contribution in [2.75, 3.05) is 24.7 Å². The van der Waals surface area contributed by atoms with Crippen LogP contribution in [0.15, 0.2) is 45.3 Å². The first kappa shape index (κ1) is 31.4. The topological polar surface area (TPSA) is 211 Å². The fourth-order valence-corrected chi connectivity index (χ4v) is 5.86. The van der Waals surface area contributed by atoms with Gasteiger partial charge in [0.2, 0.25) is 6.61 Å². The van der Waals surface area contributed by atoms with Crippen LogP contribution in [0, 0.1) is 0 Å². The molecule has 0 spiro atoms. The number of hydrogen-bond acceptors (Lipinski definition) is 13. The number of oxime groups is 1. The number of nitrogen functional groups attached to an aromatic ring is 1. The number of fused-ring (bicyclic) bond motifs is 1. The Hall–Kier alpha value is -2.83. The Bertz CT molecular complexity index is 1230. The van der Waals surface area contributed by atoms with E-state index in [9.17, 15) is 29.1 Å². The number of carbonyl (C=O) groups excluding carboxylic acids is 3. The number of nitrogens with one attached hydrogen (secondary N) is 1. The van der Waals surface area contributed by atoms with Crippen LogP contribution in [0.2, 0.25) is 0 Å². The molecule has 2 atom stereocenters. The van der Waals surface area contributed by atoms with Crippen LogP contribution in [0.4, 0.5) is 5.13 Å². The van der Waals surface area contributed by atoms with Gasteiger partial charge in [0.15, 0.2) is 10.8 Å². The number of β-lactam (4-membered cyclic amide) rings is 1. The number of anilines is 1. The molecular formula is C20H20N5NaO9S3. The van der Waals surface area contributed by atoms with Crippen molar-refractivity contribution in [1.82, 2.24) is 15.2 Å². The second-order valence-corrected chi connectivity index (χ2v) is 9.95. The molecule has 0 bridgehead atoms. The maximum atomic E-state index is 12.9. The van der Waals surface area contributed by atoms with Gasteiger partial charge in [-0.15, -0.1) is 23.1 Å². The van der Waals surface area contributed by atoms with Crippen molar-refractivity contribution in [3.05, 3.63) is 45.8 Å². The molecule has 3 heterocycles. The van der Waals surface area contributed by atoms with Crippen LogP contribution in [0.3, 0.4) is 0 Å². The van der Waals surface area contributed by atoms with Crippen molar-refractivity contribution in [2.45, 2.75) is 11.4 Å². The number of carbonyl (C=O) groups is 5. The van der Waals surface area contributed by atoms with E-state index in [0.29, 0.717) is 4.91 Å². The molecule has 2 amide bonds. The Morgan fingerprint density at radius 1 is 1.37 bits per heavy atom. The second-order valence-electron chi connectivity index (χ2n) is 6.96. The molecule has 5 N–H and O–H groups in total. The summed E-state index contributed by atoms with van der Waals surface area (Å²) < 4.78 is 4.80. The molecule has 1 saturated heterocycles. The molecule has 38 heavy (non-hydrogen) atoms. The van der Waals surface area contributed by atoms with Crippen LogP contribution in [0.25, 0.3) is 0 Å². The van der Waals surface area contributed by atoms with E-state index in [1.807, 2.05) is 0 Å². The molecule has 0 saturated carbocycles. The SMILES string of the molecule is C=CCOC(=O)/C=C\SC1=C(C(=O)O)N2C(=O)[C@@H](NC(=O)/C(=N\OCC(=O)O)c3csc(N)n3)[C@H]2SC1.[NaH]. The Kier molecular flexibility index (Phi) is 11.9. The number of thioether (sulfide) groups is 2. The molecule has 0 aliphatic carbocycles. The minimum absolute atomic E-state index is 0. The van der Waals surface area contributed by atoms with Crippen molar-refractivity contribution in [3.63, 3.8) is 0 Å². The van der Waals surface area contributed by atoms with Gasteiger partial charge in [0.25, 0.3) is 11.8 Å². The van der Waals surface area contributed by atoms with Crippen molar-refractivity contribution in [3.8, 4) is 0 Å². The number of carboxylic acid groups (broad SMARTS) is 2. The Labute approximate surface area is 249 Å². The summed E-state index contributed by atoms with van der Waals surface area (Å²) in [7, 11) is 0. The number of ether oxygens (including phenoxy) is 1. The Balaban J connectivity index is 0.00000507. The number of esters is 1. The van der Waals surface area contributed by atoms with Crippen molar-refractivity contribution >= 4 is 105 Å². The number of nitrogens with zero attached hydrogens (tertiary/aromatic N) is 3. The summed E-state index contributed by atoms with van der Waals surface area (Å²) in [4.78, 5) is 70.0. The predicted octanol–water partition coefficient (Wildman–Crippen LogP) is -0.446. The van der Waals surface area contributed by atoms with E-state index in [2.05, 4.69) is 26.9 Å². The van der Waals surface area contributed by atoms with Crippen molar-refractivity contribution < 1.29 is 43.8 Å². The fourth-order valence-electron chi connectivity index (χ4n) is 3.00. The first-order valence-corrected chi connectivity index (χ1v) is 12.9. The quantitative estimate of drug-likeness (QED) is 0.0461. The Morgan fingerprint density at radius 2 is 2.11 bits per heavy atom. The molecule has 0 radical (unpaired) electrons. The number of hydrogen-bond donors (Lipinski definition) is 4. The van der Waals surface area contributed by atoms with E-state index >= 15 is 0 Å². The zero-order valence-electron chi connectivity index (χ0n) is 18.7. The van der Waals surface area contributed by atoms with E-state index in [-0.39, 0.29) is 58.4 Å². The molecule has 1 aromatic heterocycles. The molecule has 3 rings (SSSR count). The van der Waals surface area contributed by atoms with Gasteiger partial charge in [-0.1, -0.05) is 29.6 Å². The summed E-state index contributed by atoms with van der Waals surface area (Å²) in [6.45, 7) is 2.63. The average Bonchev–Trinajstić information content (AvgIpc) is 3.28. The monoisotopic (exact) mass is 593 g/mol. The molecule has 198 valence electrons. The Morgan fingerprint density at radius 3 is 2.71 bits per heavy atom. The normalized spacial score (nSPS) is 18.7. The molecule has 18 heteroatoms.